The van der Waals surface area contributed by atoms with Crippen LogP contribution in [0.1, 0.15) is 11.4 Å². The molecule has 5 heteroatoms. The minimum Gasteiger partial charge on any atom is -0.261 e. The molecule has 1 radical (unpaired) electrons. The minimum atomic E-state index is -0.445. The lowest BCUT2D eigenvalue weighted by molar-refractivity contribution is -0.386. The lowest BCUT2D eigenvalue weighted by atomic mass is 10.3. The summed E-state index contributed by atoms with van der Waals surface area (Å²) in [5, 5.41) is 14.2. The van der Waals surface area contributed by atoms with Crippen LogP contribution < -0.4 is 0 Å². The number of nitrogens with zero attached hydrogens (tertiary/aromatic N) is 3. The molecule has 0 atom stereocenters. The van der Waals surface area contributed by atoms with Gasteiger partial charge in [-0.15, -0.1) is 0 Å². The molecule has 11 heavy (non-hydrogen) atoms. The zero-order chi connectivity index (χ0) is 8.59. The Balaban J connectivity index is 3.34. The molecule has 0 N–H and O–H groups in total. The normalized spacial score (nSPS) is 10.1. The Bertz CT molecular complexity index is 303. The van der Waals surface area contributed by atoms with E-state index in [1.807, 2.05) is 0 Å². The van der Waals surface area contributed by atoms with Gasteiger partial charge >= 0.3 is 5.69 Å². The van der Waals surface area contributed by atoms with E-state index in [0.29, 0.717) is 11.4 Å². The van der Waals surface area contributed by atoms with Crippen LogP contribution in [0.5, 0.6) is 0 Å². The molecule has 0 bridgehead atoms. The molecule has 0 unspecified atom stereocenters. The van der Waals surface area contributed by atoms with Gasteiger partial charge in [0, 0.05) is 0 Å². The van der Waals surface area contributed by atoms with E-state index in [0.717, 1.165) is 0 Å². The van der Waals surface area contributed by atoms with E-state index < -0.39 is 4.92 Å². The van der Waals surface area contributed by atoms with Gasteiger partial charge in [-0.1, -0.05) is 0 Å². The summed E-state index contributed by atoms with van der Waals surface area (Å²) in [6, 6.07) is 0. The van der Waals surface area contributed by atoms with Crippen molar-refractivity contribution in [2.75, 3.05) is 0 Å². The van der Waals surface area contributed by atoms with Crippen LogP contribution in [0.2, 0.25) is 0 Å². The summed E-state index contributed by atoms with van der Waals surface area (Å²) in [6.45, 7) is 3.21. The summed E-state index contributed by atoms with van der Waals surface area (Å²) in [5.74, 6) is 0. The van der Waals surface area contributed by atoms with Gasteiger partial charge in [0.05, 0.1) is 12.0 Å². The molecule has 0 aliphatic heterocycles. The maximum atomic E-state index is 10.4. The van der Waals surface area contributed by atoms with Gasteiger partial charge in [0.15, 0.2) is 0 Å². The molecule has 0 aliphatic rings. The summed E-state index contributed by atoms with van der Waals surface area (Å²) in [6.07, 6.45) is 0. The molecular formula is C6H8N3O2. The number of nitro groups is 1. The number of aryl methyl sites for hydroxylation is 1. The van der Waals surface area contributed by atoms with E-state index in [4.69, 9.17) is 0 Å². The van der Waals surface area contributed by atoms with Gasteiger partial charge in [-0.2, -0.15) is 5.10 Å². The highest BCUT2D eigenvalue weighted by molar-refractivity contribution is 5.39. The van der Waals surface area contributed by atoms with Gasteiger partial charge < -0.3 is 0 Å². The lowest BCUT2D eigenvalue weighted by Crippen LogP contribution is -1.92. The third-order valence-corrected chi connectivity index (χ3v) is 1.53. The SMILES string of the molecule is [CH2]n1nc(C)c([N+](=O)[O-])c1C. The average molecular weight is 154 g/mol. The zero-order valence-electron chi connectivity index (χ0n) is 6.37. The highest BCUT2D eigenvalue weighted by atomic mass is 16.6. The van der Waals surface area contributed by atoms with Gasteiger partial charge in [0.2, 0.25) is 0 Å². The van der Waals surface area contributed by atoms with Crippen LogP contribution in [0.3, 0.4) is 0 Å². The second kappa shape index (κ2) is 2.34. The predicted octanol–water partition coefficient (Wildman–Crippen LogP) is 1.05. The van der Waals surface area contributed by atoms with Crippen LogP contribution in [0.15, 0.2) is 0 Å². The Morgan fingerprint density at radius 3 is 2.36 bits per heavy atom. The smallest absolute Gasteiger partial charge is 0.261 e. The van der Waals surface area contributed by atoms with Crippen molar-refractivity contribution in [1.82, 2.24) is 9.78 Å². The van der Waals surface area contributed by atoms with E-state index in [1.54, 1.807) is 13.8 Å². The van der Waals surface area contributed by atoms with Gasteiger partial charge in [-0.05, 0) is 13.8 Å². The largest absolute Gasteiger partial charge is 0.312 e. The van der Waals surface area contributed by atoms with E-state index in [-0.39, 0.29) is 5.69 Å². The third kappa shape index (κ3) is 1.09. The van der Waals surface area contributed by atoms with E-state index >= 15 is 0 Å². The van der Waals surface area contributed by atoms with Crippen LogP contribution in [0.25, 0.3) is 0 Å². The van der Waals surface area contributed by atoms with Gasteiger partial charge in [-0.3, -0.25) is 14.8 Å². The molecule has 0 amide bonds. The predicted molar refractivity (Wildman–Crippen MR) is 39.1 cm³/mol. The van der Waals surface area contributed by atoms with E-state index in [1.165, 1.54) is 4.68 Å². The maximum Gasteiger partial charge on any atom is 0.312 e. The molecule has 0 saturated heterocycles. The lowest BCUT2D eigenvalue weighted by Gasteiger charge is -1.89. The standard InChI is InChI=1S/C6H8N3O2/c1-4-6(9(10)11)5(2)8(3)7-4/h3H2,1-2H3. The van der Waals surface area contributed by atoms with E-state index in [9.17, 15) is 10.1 Å². The van der Waals surface area contributed by atoms with Crippen molar-refractivity contribution in [3.63, 3.8) is 0 Å². The van der Waals surface area contributed by atoms with Crippen LogP contribution in [0.4, 0.5) is 5.69 Å². The molecule has 1 rings (SSSR count). The van der Waals surface area contributed by atoms with Crippen molar-refractivity contribution < 1.29 is 4.92 Å². The molecule has 5 nitrogen and oxygen atoms in total. The molecule has 0 aliphatic carbocycles. The minimum absolute atomic E-state index is 0.0556. The summed E-state index contributed by atoms with van der Waals surface area (Å²) in [7, 11) is 3.49. The van der Waals surface area contributed by atoms with Crippen LogP contribution in [-0.2, 0) is 0 Å². The highest BCUT2D eigenvalue weighted by Crippen LogP contribution is 2.20. The Hall–Kier alpha value is -1.39. The molecular weight excluding hydrogens is 146 g/mol. The summed E-state index contributed by atoms with van der Waals surface area (Å²) in [4.78, 5) is 9.94. The van der Waals surface area contributed by atoms with Crippen LogP contribution >= 0.6 is 0 Å². The molecule has 0 fully saturated rings. The quantitative estimate of drug-likeness (QED) is 0.448. The first-order chi connectivity index (χ1) is 5.04. The summed E-state index contributed by atoms with van der Waals surface area (Å²) in [5.41, 5.74) is 0.940. The average Bonchev–Trinajstić information content (AvgIpc) is 2.07. The van der Waals surface area contributed by atoms with Crippen molar-refractivity contribution >= 4 is 5.69 Å². The van der Waals surface area contributed by atoms with Gasteiger partial charge in [0.1, 0.15) is 11.4 Å². The Labute approximate surface area is 63.8 Å². The molecule has 0 saturated carbocycles. The Kier molecular flexibility index (Phi) is 1.64. The number of hydrogen-bond donors (Lipinski definition) is 0. The fourth-order valence-corrected chi connectivity index (χ4v) is 0.952. The second-order valence-corrected chi connectivity index (χ2v) is 2.28. The molecule has 0 aromatic carbocycles. The second-order valence-electron chi connectivity index (χ2n) is 2.28. The topological polar surface area (TPSA) is 61.0 Å². The van der Waals surface area contributed by atoms with Gasteiger partial charge in [0.25, 0.3) is 0 Å². The molecule has 0 spiro atoms. The molecule has 59 valence electrons. The highest BCUT2D eigenvalue weighted by Gasteiger charge is 2.19. The maximum absolute atomic E-state index is 10.4. The summed E-state index contributed by atoms with van der Waals surface area (Å²) < 4.78 is 1.26. The Morgan fingerprint density at radius 1 is 1.64 bits per heavy atom. The monoisotopic (exact) mass is 154 g/mol. The Morgan fingerprint density at radius 2 is 2.18 bits per heavy atom. The van der Waals surface area contributed by atoms with Crippen molar-refractivity contribution in [1.29, 1.82) is 0 Å². The fourth-order valence-electron chi connectivity index (χ4n) is 0.952. The van der Waals surface area contributed by atoms with E-state index in [2.05, 4.69) is 12.1 Å². The zero-order valence-corrected chi connectivity index (χ0v) is 6.37. The number of rotatable bonds is 1. The molecule has 1 heterocycles. The number of hydrogen-bond acceptors (Lipinski definition) is 3. The first-order valence-corrected chi connectivity index (χ1v) is 3.05. The molecule has 1 aromatic heterocycles. The van der Waals surface area contributed by atoms with Crippen LogP contribution in [-0.4, -0.2) is 14.7 Å². The first-order valence-electron chi connectivity index (χ1n) is 3.05. The van der Waals surface area contributed by atoms with Crippen molar-refractivity contribution in [3.8, 4) is 0 Å². The fraction of sp³-hybridized carbons (Fsp3) is 0.333. The summed E-state index contributed by atoms with van der Waals surface area (Å²) >= 11 is 0. The van der Waals surface area contributed by atoms with Crippen molar-refractivity contribution in [2.24, 2.45) is 0 Å². The third-order valence-electron chi connectivity index (χ3n) is 1.53. The first kappa shape index (κ1) is 7.71. The molecule has 1 aromatic rings. The van der Waals surface area contributed by atoms with Crippen LogP contribution in [0, 0.1) is 31.0 Å². The van der Waals surface area contributed by atoms with Gasteiger partial charge in [-0.25, -0.2) is 0 Å². The van der Waals surface area contributed by atoms with Crippen molar-refractivity contribution in [2.45, 2.75) is 13.8 Å². The van der Waals surface area contributed by atoms with Crippen molar-refractivity contribution in [3.05, 3.63) is 28.5 Å². The number of aromatic nitrogens is 2.